The number of rotatable bonds is 14. The van der Waals surface area contributed by atoms with Crippen LogP contribution in [-0.2, 0) is 0 Å². The highest BCUT2D eigenvalue weighted by molar-refractivity contribution is 4.61. The van der Waals surface area contributed by atoms with Gasteiger partial charge >= 0.3 is 0 Å². The van der Waals surface area contributed by atoms with Crippen LogP contribution in [0.1, 0.15) is 104 Å². The second kappa shape index (κ2) is 14.4. The monoisotopic (exact) mass is 270 g/mol. The maximum absolute atomic E-state index is 9.87. The van der Waals surface area contributed by atoms with Gasteiger partial charge in [0.25, 0.3) is 0 Å². The van der Waals surface area contributed by atoms with Crippen molar-refractivity contribution in [1.82, 2.24) is 0 Å². The van der Waals surface area contributed by atoms with Gasteiger partial charge in [-0.1, -0.05) is 91.4 Å². The van der Waals surface area contributed by atoms with Crippen molar-refractivity contribution in [3.8, 4) is 0 Å². The summed E-state index contributed by atoms with van der Waals surface area (Å²) in [5.41, 5.74) is 0. The topological polar surface area (TPSA) is 20.2 Å². The Labute approximate surface area is 122 Å². The molecule has 2 unspecified atom stereocenters. The Morgan fingerprint density at radius 1 is 0.737 bits per heavy atom. The van der Waals surface area contributed by atoms with E-state index in [0.717, 1.165) is 12.8 Å². The summed E-state index contributed by atoms with van der Waals surface area (Å²) in [4.78, 5) is 0. The van der Waals surface area contributed by atoms with Gasteiger partial charge in [0.15, 0.2) is 0 Å². The Morgan fingerprint density at radius 2 is 1.21 bits per heavy atom. The van der Waals surface area contributed by atoms with Gasteiger partial charge in [-0.25, -0.2) is 0 Å². The minimum atomic E-state index is -0.0519. The van der Waals surface area contributed by atoms with Gasteiger partial charge in [-0.05, 0) is 18.8 Å². The molecule has 19 heavy (non-hydrogen) atoms. The van der Waals surface area contributed by atoms with Crippen molar-refractivity contribution in [1.29, 1.82) is 0 Å². The third kappa shape index (κ3) is 14.2. The molecule has 2 atom stereocenters. The molecule has 0 bridgehead atoms. The number of unbranched alkanes of at least 4 members (excludes halogenated alkanes) is 9. The predicted molar refractivity (Wildman–Crippen MR) is 86.5 cm³/mol. The minimum Gasteiger partial charge on any atom is -0.393 e. The summed E-state index contributed by atoms with van der Waals surface area (Å²) in [7, 11) is 0. The van der Waals surface area contributed by atoms with Gasteiger partial charge in [-0.15, -0.1) is 0 Å². The SMILES string of the molecule is CCCCCCCCCCCCC(O)CC(C)CC. The van der Waals surface area contributed by atoms with Gasteiger partial charge in [0, 0.05) is 0 Å². The normalized spacial score (nSPS) is 14.5. The first kappa shape index (κ1) is 19.0. The Bertz CT molecular complexity index is 167. The largest absolute Gasteiger partial charge is 0.393 e. The molecule has 0 aromatic rings. The van der Waals surface area contributed by atoms with Crippen LogP contribution in [0.3, 0.4) is 0 Å². The summed E-state index contributed by atoms with van der Waals surface area (Å²) in [6.45, 7) is 6.72. The molecule has 0 aromatic heterocycles. The van der Waals surface area contributed by atoms with Crippen LogP contribution < -0.4 is 0 Å². The molecule has 0 aromatic carbocycles. The van der Waals surface area contributed by atoms with E-state index in [2.05, 4.69) is 20.8 Å². The summed E-state index contributed by atoms with van der Waals surface area (Å²) in [6, 6.07) is 0. The van der Waals surface area contributed by atoms with Crippen LogP contribution >= 0.6 is 0 Å². The van der Waals surface area contributed by atoms with Gasteiger partial charge in [-0.3, -0.25) is 0 Å². The molecule has 0 heterocycles. The third-order valence-electron chi connectivity index (χ3n) is 4.26. The Kier molecular flexibility index (Phi) is 14.3. The highest BCUT2D eigenvalue weighted by Gasteiger charge is 2.08. The standard InChI is InChI=1S/C18H38O/c1-4-6-7-8-9-10-11-12-13-14-15-18(19)16-17(3)5-2/h17-19H,4-16H2,1-3H3. The number of aliphatic hydroxyl groups is 1. The molecular weight excluding hydrogens is 232 g/mol. The first-order chi connectivity index (χ1) is 9.20. The first-order valence-corrected chi connectivity index (χ1v) is 8.88. The molecule has 0 aliphatic rings. The Hall–Kier alpha value is -0.0400. The molecule has 0 rings (SSSR count). The zero-order valence-electron chi connectivity index (χ0n) is 13.8. The molecule has 0 aliphatic heterocycles. The molecule has 1 heteroatoms. The van der Waals surface area contributed by atoms with Crippen LogP contribution in [-0.4, -0.2) is 11.2 Å². The fourth-order valence-electron chi connectivity index (χ4n) is 2.62. The van der Waals surface area contributed by atoms with E-state index in [1.807, 2.05) is 0 Å². The number of aliphatic hydroxyl groups excluding tert-OH is 1. The summed E-state index contributed by atoms with van der Waals surface area (Å²) in [5.74, 6) is 0.679. The fourth-order valence-corrected chi connectivity index (χ4v) is 2.62. The molecule has 0 spiro atoms. The summed E-state index contributed by atoms with van der Waals surface area (Å²) in [6.07, 6.45) is 16.9. The zero-order valence-corrected chi connectivity index (χ0v) is 13.8. The van der Waals surface area contributed by atoms with Gasteiger partial charge in [-0.2, -0.15) is 0 Å². The lowest BCUT2D eigenvalue weighted by Crippen LogP contribution is -2.11. The van der Waals surface area contributed by atoms with Crippen molar-refractivity contribution < 1.29 is 5.11 Å². The summed E-state index contributed by atoms with van der Waals surface area (Å²) in [5, 5.41) is 9.87. The zero-order chi connectivity index (χ0) is 14.3. The lowest BCUT2D eigenvalue weighted by molar-refractivity contribution is 0.132. The van der Waals surface area contributed by atoms with Gasteiger partial charge in [0.05, 0.1) is 6.10 Å². The van der Waals surface area contributed by atoms with Crippen molar-refractivity contribution in [2.45, 2.75) is 110 Å². The molecule has 0 aliphatic carbocycles. The van der Waals surface area contributed by atoms with E-state index in [9.17, 15) is 5.11 Å². The molecule has 116 valence electrons. The van der Waals surface area contributed by atoms with Crippen LogP contribution in [0.15, 0.2) is 0 Å². The second-order valence-corrected chi connectivity index (χ2v) is 6.37. The highest BCUT2D eigenvalue weighted by Crippen LogP contribution is 2.16. The van der Waals surface area contributed by atoms with Gasteiger partial charge < -0.3 is 5.11 Å². The molecule has 1 N–H and O–H groups in total. The van der Waals surface area contributed by atoms with Gasteiger partial charge in [0.1, 0.15) is 0 Å². The Morgan fingerprint density at radius 3 is 1.68 bits per heavy atom. The average molecular weight is 271 g/mol. The van der Waals surface area contributed by atoms with Crippen molar-refractivity contribution >= 4 is 0 Å². The van der Waals surface area contributed by atoms with E-state index in [1.54, 1.807) is 0 Å². The van der Waals surface area contributed by atoms with Crippen LogP contribution in [0.25, 0.3) is 0 Å². The minimum absolute atomic E-state index is 0.0519. The average Bonchev–Trinajstić information content (AvgIpc) is 2.40. The fraction of sp³-hybridized carbons (Fsp3) is 1.00. The molecule has 0 fully saturated rings. The number of hydrogen-bond acceptors (Lipinski definition) is 1. The second-order valence-electron chi connectivity index (χ2n) is 6.37. The van der Waals surface area contributed by atoms with Crippen molar-refractivity contribution in [3.05, 3.63) is 0 Å². The van der Waals surface area contributed by atoms with E-state index in [1.165, 1.54) is 70.6 Å². The quantitative estimate of drug-likeness (QED) is 0.378. The molecule has 0 saturated heterocycles. The van der Waals surface area contributed by atoms with E-state index in [-0.39, 0.29) is 6.10 Å². The van der Waals surface area contributed by atoms with Crippen molar-refractivity contribution in [2.24, 2.45) is 5.92 Å². The van der Waals surface area contributed by atoms with E-state index in [0.29, 0.717) is 5.92 Å². The predicted octanol–water partition coefficient (Wildman–Crippen LogP) is 6.09. The lowest BCUT2D eigenvalue weighted by Gasteiger charge is -2.14. The van der Waals surface area contributed by atoms with Crippen molar-refractivity contribution in [3.63, 3.8) is 0 Å². The van der Waals surface area contributed by atoms with Crippen molar-refractivity contribution in [2.75, 3.05) is 0 Å². The molecule has 1 nitrogen and oxygen atoms in total. The molecule has 0 saturated carbocycles. The van der Waals surface area contributed by atoms with Crippen LogP contribution in [0.2, 0.25) is 0 Å². The van der Waals surface area contributed by atoms with Gasteiger partial charge in [0.2, 0.25) is 0 Å². The van der Waals surface area contributed by atoms with Crippen LogP contribution in [0.5, 0.6) is 0 Å². The van der Waals surface area contributed by atoms with E-state index < -0.39 is 0 Å². The van der Waals surface area contributed by atoms with E-state index >= 15 is 0 Å². The maximum Gasteiger partial charge on any atom is 0.0542 e. The highest BCUT2D eigenvalue weighted by atomic mass is 16.3. The maximum atomic E-state index is 9.87. The first-order valence-electron chi connectivity index (χ1n) is 8.88. The summed E-state index contributed by atoms with van der Waals surface area (Å²) < 4.78 is 0. The number of hydrogen-bond donors (Lipinski definition) is 1. The molecular formula is C18H38O. The summed E-state index contributed by atoms with van der Waals surface area (Å²) >= 11 is 0. The van der Waals surface area contributed by atoms with Crippen LogP contribution in [0.4, 0.5) is 0 Å². The third-order valence-corrected chi connectivity index (χ3v) is 4.26. The van der Waals surface area contributed by atoms with Crippen LogP contribution in [0, 0.1) is 5.92 Å². The molecule has 0 radical (unpaired) electrons. The smallest absolute Gasteiger partial charge is 0.0542 e. The molecule has 0 amide bonds. The Balaban J connectivity index is 3.13. The lowest BCUT2D eigenvalue weighted by atomic mass is 9.97. The van der Waals surface area contributed by atoms with E-state index in [4.69, 9.17) is 0 Å².